The minimum absolute atomic E-state index is 0.240. The topological polar surface area (TPSA) is 85.7 Å². The van der Waals surface area contributed by atoms with Crippen molar-refractivity contribution in [2.45, 2.75) is 45.6 Å². The first-order chi connectivity index (χ1) is 9.58. The average molecular weight is 280 g/mol. The van der Waals surface area contributed by atoms with Crippen LogP contribution in [0.15, 0.2) is 9.52 Å². The van der Waals surface area contributed by atoms with Crippen LogP contribution in [0, 0.1) is 13.8 Å². The second kappa shape index (κ2) is 6.74. The smallest absolute Gasteiger partial charge is 0.188 e. The Balaban J connectivity index is 1.81. The van der Waals surface area contributed by atoms with Gasteiger partial charge in [0.1, 0.15) is 5.76 Å². The minimum Gasteiger partial charge on any atom is -0.376 e. The molecule has 1 aliphatic rings. The summed E-state index contributed by atoms with van der Waals surface area (Å²) >= 11 is 0. The highest BCUT2D eigenvalue weighted by molar-refractivity contribution is 5.77. The van der Waals surface area contributed by atoms with Crippen molar-refractivity contribution in [2.75, 3.05) is 19.7 Å². The van der Waals surface area contributed by atoms with Gasteiger partial charge in [-0.05, 0) is 26.7 Å². The van der Waals surface area contributed by atoms with Gasteiger partial charge in [-0.2, -0.15) is 0 Å². The Labute approximate surface area is 119 Å². The molecule has 6 heteroatoms. The van der Waals surface area contributed by atoms with Gasteiger partial charge in [-0.25, -0.2) is 0 Å². The van der Waals surface area contributed by atoms with Gasteiger partial charge in [0.2, 0.25) is 0 Å². The van der Waals surface area contributed by atoms with Gasteiger partial charge in [-0.3, -0.25) is 4.99 Å². The molecule has 3 N–H and O–H groups in total. The predicted molar refractivity (Wildman–Crippen MR) is 77.9 cm³/mol. The maximum atomic E-state index is 5.87. The monoisotopic (exact) mass is 280 g/mol. The third-order valence-electron chi connectivity index (χ3n) is 3.65. The molecule has 1 fully saturated rings. The van der Waals surface area contributed by atoms with Crippen molar-refractivity contribution in [1.82, 2.24) is 10.5 Å². The van der Waals surface area contributed by atoms with Crippen molar-refractivity contribution < 1.29 is 9.26 Å². The molecule has 0 aromatic carbocycles. The standard InChI is InChI=1S/C14H24N4O2/c1-9(13-10(2)18-20-11(13)3)7-16-14(15)17-8-12-5-4-6-19-12/h9,12H,4-8H2,1-3H3,(H3,15,16,17). The van der Waals surface area contributed by atoms with Gasteiger partial charge in [0, 0.05) is 31.2 Å². The SMILES string of the molecule is Cc1noc(C)c1C(C)CN=C(N)NCC1CCCO1. The fourth-order valence-corrected chi connectivity index (χ4v) is 2.60. The lowest BCUT2D eigenvalue weighted by atomic mass is 10.00. The summed E-state index contributed by atoms with van der Waals surface area (Å²) in [7, 11) is 0. The molecule has 0 bridgehead atoms. The van der Waals surface area contributed by atoms with Crippen LogP contribution >= 0.6 is 0 Å². The maximum absolute atomic E-state index is 5.87. The normalized spacial score (nSPS) is 21.1. The second-order valence-electron chi connectivity index (χ2n) is 5.38. The number of rotatable bonds is 5. The van der Waals surface area contributed by atoms with Gasteiger partial charge in [-0.1, -0.05) is 12.1 Å². The molecule has 0 radical (unpaired) electrons. The Kier molecular flexibility index (Phi) is 5.00. The van der Waals surface area contributed by atoms with E-state index in [1.54, 1.807) is 0 Å². The van der Waals surface area contributed by atoms with E-state index in [1.165, 1.54) is 0 Å². The summed E-state index contributed by atoms with van der Waals surface area (Å²) in [5.74, 6) is 1.57. The van der Waals surface area contributed by atoms with Crippen LogP contribution in [-0.4, -0.2) is 36.9 Å². The molecule has 6 nitrogen and oxygen atoms in total. The zero-order valence-electron chi connectivity index (χ0n) is 12.5. The van der Waals surface area contributed by atoms with E-state index in [9.17, 15) is 0 Å². The number of aliphatic imine (C=N–C) groups is 1. The number of nitrogens with one attached hydrogen (secondary N) is 1. The number of aromatic nitrogens is 1. The number of hydrogen-bond donors (Lipinski definition) is 2. The molecule has 20 heavy (non-hydrogen) atoms. The lowest BCUT2D eigenvalue weighted by Gasteiger charge is -2.12. The van der Waals surface area contributed by atoms with E-state index in [2.05, 4.69) is 22.4 Å². The number of ether oxygens (including phenoxy) is 1. The predicted octanol–water partition coefficient (Wildman–Crippen LogP) is 1.48. The van der Waals surface area contributed by atoms with Gasteiger partial charge in [0.25, 0.3) is 0 Å². The van der Waals surface area contributed by atoms with Crippen LogP contribution in [-0.2, 0) is 4.74 Å². The minimum atomic E-state index is 0.240. The van der Waals surface area contributed by atoms with Crippen molar-refractivity contribution in [3.05, 3.63) is 17.0 Å². The zero-order valence-corrected chi connectivity index (χ0v) is 12.5. The van der Waals surface area contributed by atoms with Gasteiger partial charge >= 0.3 is 0 Å². The van der Waals surface area contributed by atoms with Gasteiger partial charge in [0.05, 0.1) is 11.8 Å². The largest absolute Gasteiger partial charge is 0.376 e. The maximum Gasteiger partial charge on any atom is 0.188 e. The Morgan fingerprint density at radius 2 is 2.35 bits per heavy atom. The van der Waals surface area contributed by atoms with Gasteiger partial charge < -0.3 is 20.3 Å². The molecule has 1 aliphatic heterocycles. The van der Waals surface area contributed by atoms with Crippen molar-refractivity contribution in [1.29, 1.82) is 0 Å². The highest BCUT2D eigenvalue weighted by Gasteiger charge is 2.17. The van der Waals surface area contributed by atoms with Crippen LogP contribution in [0.4, 0.5) is 0 Å². The first-order valence-electron chi connectivity index (χ1n) is 7.16. The molecule has 112 valence electrons. The number of nitrogens with zero attached hydrogens (tertiary/aromatic N) is 2. The zero-order chi connectivity index (χ0) is 14.5. The molecular formula is C14H24N4O2. The molecule has 1 aromatic rings. The Morgan fingerprint density at radius 1 is 1.55 bits per heavy atom. The molecule has 1 aromatic heterocycles. The van der Waals surface area contributed by atoms with Crippen molar-refractivity contribution in [2.24, 2.45) is 10.7 Å². The van der Waals surface area contributed by atoms with E-state index >= 15 is 0 Å². The molecule has 2 atom stereocenters. The average Bonchev–Trinajstić information content (AvgIpc) is 3.04. The van der Waals surface area contributed by atoms with Crippen LogP contribution in [0.1, 0.15) is 42.7 Å². The van der Waals surface area contributed by atoms with Crippen LogP contribution in [0.2, 0.25) is 0 Å². The van der Waals surface area contributed by atoms with E-state index in [0.717, 1.165) is 43.0 Å². The van der Waals surface area contributed by atoms with Gasteiger partial charge in [0.15, 0.2) is 5.96 Å². The van der Waals surface area contributed by atoms with E-state index in [1.807, 2.05) is 13.8 Å². The third-order valence-corrected chi connectivity index (χ3v) is 3.65. The molecule has 0 saturated carbocycles. The highest BCUT2D eigenvalue weighted by Crippen LogP contribution is 2.23. The van der Waals surface area contributed by atoms with Gasteiger partial charge in [-0.15, -0.1) is 0 Å². The van der Waals surface area contributed by atoms with Crippen LogP contribution in [0.25, 0.3) is 0 Å². The molecule has 0 spiro atoms. The Morgan fingerprint density at radius 3 is 2.95 bits per heavy atom. The van der Waals surface area contributed by atoms with Crippen molar-refractivity contribution in [3.63, 3.8) is 0 Å². The Bertz CT molecular complexity index is 444. The molecule has 2 unspecified atom stereocenters. The molecular weight excluding hydrogens is 256 g/mol. The van der Waals surface area contributed by atoms with Crippen LogP contribution in [0.3, 0.4) is 0 Å². The molecule has 0 amide bonds. The second-order valence-corrected chi connectivity index (χ2v) is 5.38. The van der Waals surface area contributed by atoms with Crippen LogP contribution in [0.5, 0.6) is 0 Å². The number of guanidine groups is 1. The lowest BCUT2D eigenvalue weighted by Crippen LogP contribution is -2.37. The summed E-state index contributed by atoms with van der Waals surface area (Å²) in [6.07, 6.45) is 2.49. The summed E-state index contributed by atoms with van der Waals surface area (Å²) in [5.41, 5.74) is 7.93. The first kappa shape index (κ1) is 14.8. The number of nitrogens with two attached hydrogens (primary N) is 1. The van der Waals surface area contributed by atoms with E-state index in [-0.39, 0.29) is 12.0 Å². The number of aryl methyl sites for hydroxylation is 2. The summed E-state index contributed by atoms with van der Waals surface area (Å²) in [5, 5.41) is 7.08. The Hall–Kier alpha value is -1.56. The third kappa shape index (κ3) is 3.72. The summed E-state index contributed by atoms with van der Waals surface area (Å²) in [6.45, 7) is 8.18. The van der Waals surface area contributed by atoms with Crippen molar-refractivity contribution >= 4 is 5.96 Å². The summed E-state index contributed by atoms with van der Waals surface area (Å²) in [6, 6.07) is 0. The molecule has 1 saturated heterocycles. The quantitative estimate of drug-likeness (QED) is 0.630. The van der Waals surface area contributed by atoms with E-state index < -0.39 is 0 Å². The fraction of sp³-hybridized carbons (Fsp3) is 0.714. The van der Waals surface area contributed by atoms with Crippen LogP contribution < -0.4 is 11.1 Å². The highest BCUT2D eigenvalue weighted by atomic mass is 16.5. The van der Waals surface area contributed by atoms with E-state index in [0.29, 0.717) is 12.5 Å². The molecule has 0 aliphatic carbocycles. The van der Waals surface area contributed by atoms with E-state index in [4.69, 9.17) is 15.0 Å². The number of hydrogen-bond acceptors (Lipinski definition) is 4. The first-order valence-corrected chi connectivity index (χ1v) is 7.16. The molecule has 2 rings (SSSR count). The lowest BCUT2D eigenvalue weighted by molar-refractivity contribution is 0.114. The summed E-state index contributed by atoms with van der Waals surface area (Å²) < 4.78 is 10.7. The summed E-state index contributed by atoms with van der Waals surface area (Å²) in [4.78, 5) is 4.38. The van der Waals surface area contributed by atoms with Crippen molar-refractivity contribution in [3.8, 4) is 0 Å². The fourth-order valence-electron chi connectivity index (χ4n) is 2.60. The molecule has 2 heterocycles.